The van der Waals surface area contributed by atoms with Gasteiger partial charge in [-0.25, -0.2) is 0 Å². The molecule has 0 aliphatic rings. The lowest BCUT2D eigenvalue weighted by Gasteiger charge is -2.02. The minimum absolute atomic E-state index is 0.470. The van der Waals surface area contributed by atoms with Crippen LogP contribution in [0.2, 0.25) is 5.02 Å². The first-order valence-electron chi connectivity index (χ1n) is 4.51. The second-order valence-electron chi connectivity index (χ2n) is 3.26. The molecule has 1 aromatic carbocycles. The first-order chi connectivity index (χ1) is 7.56. The molecule has 84 valence electrons. The zero-order valence-corrected chi connectivity index (χ0v) is 11.0. The minimum atomic E-state index is -0.481. The Morgan fingerprint density at radius 2 is 2.12 bits per heavy atom. The molecule has 0 atom stereocenters. The summed E-state index contributed by atoms with van der Waals surface area (Å²) >= 11 is 13.1. The van der Waals surface area contributed by atoms with Crippen molar-refractivity contribution in [2.75, 3.05) is 7.11 Å². The first-order valence-corrected chi connectivity index (χ1v) is 6.09. The number of carbonyl (C=O) groups excluding carboxylic acids is 1. The fourth-order valence-corrected chi connectivity index (χ4v) is 3.32. The highest BCUT2D eigenvalue weighted by atomic mass is 35.5. The molecule has 0 fully saturated rings. The lowest BCUT2D eigenvalue weighted by Crippen LogP contribution is -1.89. The molecule has 0 aliphatic heterocycles. The van der Waals surface area contributed by atoms with Gasteiger partial charge in [-0.3, -0.25) is 4.79 Å². The van der Waals surface area contributed by atoms with Gasteiger partial charge in [0.05, 0.1) is 27.8 Å². The van der Waals surface area contributed by atoms with Crippen molar-refractivity contribution in [2.45, 2.75) is 6.92 Å². The summed E-state index contributed by atoms with van der Waals surface area (Å²) < 4.78 is 6.06. The molecule has 0 spiro atoms. The standard InChI is InChI=1S/C11H8Cl2O2S/c1-5-9(15-2)8-7(12)4-3-6(11(13)14)10(8)16-5/h3-4H,1-2H3. The molecule has 0 amide bonds. The van der Waals surface area contributed by atoms with E-state index in [9.17, 15) is 4.79 Å². The van der Waals surface area contributed by atoms with E-state index in [2.05, 4.69) is 0 Å². The van der Waals surface area contributed by atoms with Gasteiger partial charge in [0.15, 0.2) is 0 Å². The maximum absolute atomic E-state index is 11.3. The van der Waals surface area contributed by atoms with E-state index >= 15 is 0 Å². The van der Waals surface area contributed by atoms with Crippen LogP contribution in [-0.4, -0.2) is 12.4 Å². The van der Waals surface area contributed by atoms with E-state index in [1.165, 1.54) is 11.3 Å². The van der Waals surface area contributed by atoms with E-state index in [1.54, 1.807) is 19.2 Å². The smallest absolute Gasteiger partial charge is 0.253 e. The molecule has 0 bridgehead atoms. The normalized spacial score (nSPS) is 10.8. The highest BCUT2D eigenvalue weighted by Gasteiger charge is 2.18. The van der Waals surface area contributed by atoms with Crippen molar-refractivity contribution in [2.24, 2.45) is 0 Å². The number of methoxy groups -OCH3 is 1. The van der Waals surface area contributed by atoms with Crippen molar-refractivity contribution >= 4 is 49.9 Å². The van der Waals surface area contributed by atoms with Crippen molar-refractivity contribution in [3.63, 3.8) is 0 Å². The Kier molecular flexibility index (Phi) is 3.10. The zero-order chi connectivity index (χ0) is 11.9. The van der Waals surface area contributed by atoms with Crippen LogP contribution < -0.4 is 4.74 Å². The molecule has 0 saturated carbocycles. The van der Waals surface area contributed by atoms with Crippen molar-refractivity contribution in [3.8, 4) is 5.75 Å². The number of hydrogen-bond acceptors (Lipinski definition) is 3. The van der Waals surface area contributed by atoms with E-state index in [0.29, 0.717) is 16.3 Å². The fourth-order valence-electron chi connectivity index (χ4n) is 1.65. The summed E-state index contributed by atoms with van der Waals surface area (Å²) in [5, 5.41) is 0.849. The van der Waals surface area contributed by atoms with Crippen LogP contribution in [0.5, 0.6) is 5.75 Å². The van der Waals surface area contributed by atoms with Gasteiger partial charge in [0.25, 0.3) is 5.24 Å². The number of thiophene rings is 1. The predicted molar refractivity (Wildman–Crippen MR) is 68.3 cm³/mol. The Bertz CT molecular complexity index is 575. The summed E-state index contributed by atoms with van der Waals surface area (Å²) in [6.45, 7) is 1.92. The summed E-state index contributed by atoms with van der Waals surface area (Å²) in [6.07, 6.45) is 0. The molecule has 0 N–H and O–H groups in total. The third-order valence-electron chi connectivity index (χ3n) is 2.32. The summed E-state index contributed by atoms with van der Waals surface area (Å²) in [6, 6.07) is 3.30. The lowest BCUT2D eigenvalue weighted by molar-refractivity contribution is 0.108. The van der Waals surface area contributed by atoms with Crippen LogP contribution in [0.25, 0.3) is 10.1 Å². The molecule has 2 nitrogen and oxygen atoms in total. The van der Waals surface area contributed by atoms with E-state index in [-0.39, 0.29) is 0 Å². The fraction of sp³-hybridized carbons (Fsp3) is 0.182. The van der Waals surface area contributed by atoms with Crippen LogP contribution in [0.1, 0.15) is 15.2 Å². The third-order valence-corrected chi connectivity index (χ3v) is 3.96. The second-order valence-corrected chi connectivity index (χ2v) is 5.24. The number of hydrogen-bond donors (Lipinski definition) is 0. The number of fused-ring (bicyclic) bond motifs is 1. The summed E-state index contributed by atoms with van der Waals surface area (Å²) in [5.74, 6) is 0.713. The van der Waals surface area contributed by atoms with Gasteiger partial charge in [-0.2, -0.15) is 0 Å². The topological polar surface area (TPSA) is 26.3 Å². The SMILES string of the molecule is COc1c(C)sc2c(C(=O)Cl)ccc(Cl)c12. The Balaban J connectivity index is 2.91. The van der Waals surface area contributed by atoms with Gasteiger partial charge in [0.2, 0.25) is 0 Å². The summed E-state index contributed by atoms with van der Waals surface area (Å²) in [4.78, 5) is 12.2. The van der Waals surface area contributed by atoms with E-state index in [4.69, 9.17) is 27.9 Å². The van der Waals surface area contributed by atoms with Crippen molar-refractivity contribution < 1.29 is 9.53 Å². The maximum Gasteiger partial charge on any atom is 0.253 e. The van der Waals surface area contributed by atoms with Gasteiger partial charge >= 0.3 is 0 Å². The number of halogens is 2. The first kappa shape index (κ1) is 11.7. The molecule has 1 heterocycles. The van der Waals surface area contributed by atoms with Crippen molar-refractivity contribution in [3.05, 3.63) is 27.6 Å². The number of aryl methyl sites for hydroxylation is 1. The van der Waals surface area contributed by atoms with Crippen LogP contribution in [-0.2, 0) is 0 Å². The minimum Gasteiger partial charge on any atom is -0.495 e. The average Bonchev–Trinajstić information content (AvgIpc) is 2.55. The van der Waals surface area contributed by atoms with Gasteiger partial charge in [0.1, 0.15) is 5.75 Å². The van der Waals surface area contributed by atoms with Gasteiger partial charge in [0, 0.05) is 4.88 Å². The molecule has 16 heavy (non-hydrogen) atoms. The highest BCUT2D eigenvalue weighted by Crippen LogP contribution is 2.43. The number of carbonyl (C=O) groups is 1. The molecule has 0 aliphatic carbocycles. The van der Waals surface area contributed by atoms with E-state index < -0.39 is 5.24 Å². The van der Waals surface area contributed by atoms with Crippen LogP contribution in [0, 0.1) is 6.92 Å². The monoisotopic (exact) mass is 274 g/mol. The molecule has 0 radical (unpaired) electrons. The lowest BCUT2D eigenvalue weighted by atomic mass is 10.1. The largest absolute Gasteiger partial charge is 0.495 e. The van der Waals surface area contributed by atoms with Gasteiger partial charge in [-0.15, -0.1) is 11.3 Å². The van der Waals surface area contributed by atoms with E-state index in [1.807, 2.05) is 6.92 Å². The van der Waals surface area contributed by atoms with Gasteiger partial charge < -0.3 is 4.74 Å². The Morgan fingerprint density at radius 3 is 2.69 bits per heavy atom. The molecule has 0 saturated heterocycles. The zero-order valence-electron chi connectivity index (χ0n) is 8.64. The molecular weight excluding hydrogens is 267 g/mol. The average molecular weight is 275 g/mol. The van der Waals surface area contributed by atoms with Crippen LogP contribution in [0.3, 0.4) is 0 Å². The number of benzene rings is 1. The number of rotatable bonds is 2. The highest BCUT2D eigenvalue weighted by molar-refractivity contribution is 7.20. The Labute approximate surface area is 107 Å². The molecule has 0 unspecified atom stereocenters. The molecule has 1 aromatic heterocycles. The van der Waals surface area contributed by atoms with Gasteiger partial charge in [-0.1, -0.05) is 11.6 Å². The quantitative estimate of drug-likeness (QED) is 0.766. The molecule has 2 aromatic rings. The van der Waals surface area contributed by atoms with Crippen LogP contribution in [0.15, 0.2) is 12.1 Å². The predicted octanol–water partition coefficient (Wildman–Crippen LogP) is 4.25. The van der Waals surface area contributed by atoms with Crippen LogP contribution >= 0.6 is 34.5 Å². The summed E-state index contributed by atoms with van der Waals surface area (Å²) in [5.41, 5.74) is 0.470. The Morgan fingerprint density at radius 1 is 1.44 bits per heavy atom. The van der Waals surface area contributed by atoms with Crippen molar-refractivity contribution in [1.82, 2.24) is 0 Å². The molecular formula is C11H8Cl2O2S. The maximum atomic E-state index is 11.3. The summed E-state index contributed by atoms with van der Waals surface area (Å²) in [7, 11) is 1.58. The van der Waals surface area contributed by atoms with Crippen LogP contribution in [0.4, 0.5) is 0 Å². The molecule has 5 heteroatoms. The molecule has 2 rings (SSSR count). The van der Waals surface area contributed by atoms with Crippen molar-refractivity contribution in [1.29, 1.82) is 0 Å². The Hall–Kier alpha value is -0.770. The van der Waals surface area contributed by atoms with E-state index in [0.717, 1.165) is 15.0 Å². The third kappa shape index (κ3) is 1.69. The second kappa shape index (κ2) is 4.24. The number of ether oxygens (including phenoxy) is 1. The van der Waals surface area contributed by atoms with Gasteiger partial charge in [-0.05, 0) is 30.7 Å².